The van der Waals surface area contributed by atoms with Crippen LogP contribution in [0.2, 0.25) is 0 Å². The van der Waals surface area contributed by atoms with Gasteiger partial charge in [-0.25, -0.2) is 0 Å². The molecule has 0 unspecified atom stereocenters. The summed E-state index contributed by atoms with van der Waals surface area (Å²) < 4.78 is 8.82. The molecule has 0 aliphatic carbocycles. The molecule has 11 aromatic rings. The van der Waals surface area contributed by atoms with Crippen molar-refractivity contribution in [3.8, 4) is 16.8 Å². The van der Waals surface area contributed by atoms with Gasteiger partial charge in [0, 0.05) is 50.1 Å². The molecule has 0 aliphatic rings. The number of rotatable bonds is 5. The zero-order valence-electron chi connectivity index (χ0n) is 28.8. The highest BCUT2D eigenvalue weighted by Crippen LogP contribution is 2.44. The monoisotopic (exact) mass is 676 g/mol. The predicted molar refractivity (Wildman–Crippen MR) is 223 cm³/mol. The third kappa shape index (κ3) is 4.68. The van der Waals surface area contributed by atoms with Crippen molar-refractivity contribution in [3.63, 3.8) is 0 Å². The molecular weight excluding hydrogens is 645 g/mol. The maximum Gasteiger partial charge on any atom is 0.137 e. The van der Waals surface area contributed by atoms with Gasteiger partial charge < -0.3 is 13.9 Å². The Kier molecular flexibility index (Phi) is 6.55. The van der Waals surface area contributed by atoms with Crippen LogP contribution in [0, 0.1) is 0 Å². The van der Waals surface area contributed by atoms with Gasteiger partial charge in [-0.05, 0) is 94.0 Å². The van der Waals surface area contributed by atoms with Crippen molar-refractivity contribution in [2.45, 2.75) is 0 Å². The van der Waals surface area contributed by atoms with Gasteiger partial charge in [0.25, 0.3) is 0 Å². The van der Waals surface area contributed by atoms with E-state index in [-0.39, 0.29) is 0 Å². The normalized spacial score (nSPS) is 11.8. The number of para-hydroxylation sites is 3. The SMILES string of the molecule is c1ccc(-c2ccc(N(c3ccc4c(c3)oc3ccccc34)c3cccc4c3ccc3cc5c6ccccc6n(-c6ccccc6)c5cc34)cc2)cc1. The number of furan rings is 1. The van der Waals surface area contributed by atoms with Gasteiger partial charge in [0.2, 0.25) is 0 Å². The summed E-state index contributed by atoms with van der Waals surface area (Å²) in [5.74, 6) is 0. The fourth-order valence-electron chi connectivity index (χ4n) is 8.30. The molecule has 248 valence electrons. The van der Waals surface area contributed by atoms with Crippen molar-refractivity contribution in [1.82, 2.24) is 4.57 Å². The highest BCUT2D eigenvalue weighted by molar-refractivity contribution is 6.20. The summed E-state index contributed by atoms with van der Waals surface area (Å²) in [6.07, 6.45) is 0. The highest BCUT2D eigenvalue weighted by atomic mass is 16.3. The van der Waals surface area contributed by atoms with Crippen LogP contribution >= 0.6 is 0 Å². The average Bonchev–Trinajstić information content (AvgIpc) is 3.76. The summed E-state index contributed by atoms with van der Waals surface area (Å²) in [6.45, 7) is 0. The zero-order chi connectivity index (χ0) is 34.9. The molecule has 9 aromatic carbocycles. The Hall–Kier alpha value is -7.10. The summed E-state index contributed by atoms with van der Waals surface area (Å²) in [6, 6.07) is 69.8. The first-order chi connectivity index (χ1) is 26.3. The van der Waals surface area contributed by atoms with Crippen LogP contribution < -0.4 is 4.90 Å². The van der Waals surface area contributed by atoms with Gasteiger partial charge in [0.1, 0.15) is 11.2 Å². The molecular formula is C50H32N2O. The van der Waals surface area contributed by atoms with Crippen molar-refractivity contribution >= 4 is 82.4 Å². The van der Waals surface area contributed by atoms with E-state index in [1.165, 1.54) is 54.5 Å². The van der Waals surface area contributed by atoms with Crippen molar-refractivity contribution in [1.29, 1.82) is 0 Å². The lowest BCUT2D eigenvalue weighted by Crippen LogP contribution is -2.10. The second-order valence-electron chi connectivity index (χ2n) is 13.7. The van der Waals surface area contributed by atoms with Crippen molar-refractivity contribution < 1.29 is 4.42 Å². The van der Waals surface area contributed by atoms with Crippen LogP contribution in [0.25, 0.3) is 82.1 Å². The smallest absolute Gasteiger partial charge is 0.137 e. The van der Waals surface area contributed by atoms with E-state index in [1.54, 1.807) is 0 Å². The van der Waals surface area contributed by atoms with E-state index in [1.807, 2.05) is 12.1 Å². The van der Waals surface area contributed by atoms with Crippen LogP contribution in [0.4, 0.5) is 17.1 Å². The number of aromatic nitrogens is 1. The Morgan fingerprint density at radius 3 is 1.87 bits per heavy atom. The fourth-order valence-corrected chi connectivity index (χ4v) is 8.30. The van der Waals surface area contributed by atoms with Gasteiger partial charge >= 0.3 is 0 Å². The van der Waals surface area contributed by atoms with Gasteiger partial charge in [-0.15, -0.1) is 0 Å². The van der Waals surface area contributed by atoms with Crippen LogP contribution in [-0.2, 0) is 0 Å². The first-order valence-electron chi connectivity index (χ1n) is 18.1. The van der Waals surface area contributed by atoms with Gasteiger partial charge in [0.15, 0.2) is 0 Å². The molecule has 3 heteroatoms. The van der Waals surface area contributed by atoms with Crippen molar-refractivity contribution in [3.05, 3.63) is 194 Å². The molecule has 0 saturated carbocycles. The molecule has 0 bridgehead atoms. The number of nitrogens with zero attached hydrogens (tertiary/aromatic N) is 2. The second-order valence-corrected chi connectivity index (χ2v) is 13.7. The Morgan fingerprint density at radius 1 is 0.358 bits per heavy atom. The first-order valence-corrected chi connectivity index (χ1v) is 18.1. The minimum atomic E-state index is 0.872. The summed E-state index contributed by atoms with van der Waals surface area (Å²) in [7, 11) is 0. The van der Waals surface area contributed by atoms with E-state index in [9.17, 15) is 0 Å². The van der Waals surface area contributed by atoms with Crippen molar-refractivity contribution in [2.75, 3.05) is 4.90 Å². The van der Waals surface area contributed by atoms with Gasteiger partial charge in [0.05, 0.1) is 16.7 Å². The largest absolute Gasteiger partial charge is 0.456 e. The standard InChI is InChI=1S/C50H32N2O/c1-3-12-33(13-4-1)34-22-25-37(26-23-34)51(38-27-29-43-42-17-8-10-21-49(42)53-50(43)31-38)46-20-11-18-39-41(46)28-24-35-30-45-40-16-7-9-19-47(40)52(48(45)32-44(35)39)36-14-5-2-6-15-36/h1-32H. The van der Waals surface area contributed by atoms with E-state index in [0.29, 0.717) is 0 Å². The van der Waals surface area contributed by atoms with Crippen LogP contribution in [0.1, 0.15) is 0 Å². The Bertz CT molecular complexity index is 3160. The maximum atomic E-state index is 6.42. The van der Waals surface area contributed by atoms with Gasteiger partial charge in [-0.3, -0.25) is 0 Å². The summed E-state index contributed by atoms with van der Waals surface area (Å²) >= 11 is 0. The minimum Gasteiger partial charge on any atom is -0.456 e. The molecule has 0 aliphatic heterocycles. The van der Waals surface area contributed by atoms with Crippen LogP contribution in [0.5, 0.6) is 0 Å². The number of fused-ring (bicyclic) bond motifs is 9. The molecule has 2 aromatic heterocycles. The number of hydrogen-bond donors (Lipinski definition) is 0. The molecule has 0 fully saturated rings. The molecule has 0 spiro atoms. The highest BCUT2D eigenvalue weighted by Gasteiger charge is 2.20. The molecule has 0 atom stereocenters. The van der Waals surface area contributed by atoms with E-state index in [4.69, 9.17) is 4.42 Å². The molecule has 2 heterocycles. The predicted octanol–water partition coefficient (Wildman–Crippen LogP) is 14.1. The average molecular weight is 677 g/mol. The Balaban J connectivity index is 1.15. The van der Waals surface area contributed by atoms with Crippen molar-refractivity contribution in [2.24, 2.45) is 0 Å². The quantitative estimate of drug-likeness (QED) is 0.169. The summed E-state index contributed by atoms with van der Waals surface area (Å²) in [5, 5.41) is 9.60. The third-order valence-corrected chi connectivity index (χ3v) is 10.8. The fraction of sp³-hybridized carbons (Fsp3) is 0. The third-order valence-electron chi connectivity index (χ3n) is 10.8. The number of anilines is 3. The summed E-state index contributed by atoms with van der Waals surface area (Å²) in [5.41, 5.74) is 10.9. The minimum absolute atomic E-state index is 0.872. The molecule has 3 nitrogen and oxygen atoms in total. The zero-order valence-corrected chi connectivity index (χ0v) is 28.8. The second kappa shape index (κ2) is 11.7. The lowest BCUT2D eigenvalue weighted by molar-refractivity contribution is 0.669. The Morgan fingerprint density at radius 2 is 1.02 bits per heavy atom. The van der Waals surface area contributed by atoms with E-state index in [2.05, 4.69) is 191 Å². The molecule has 11 rings (SSSR count). The van der Waals surface area contributed by atoms with E-state index in [0.717, 1.165) is 44.7 Å². The first kappa shape index (κ1) is 29.6. The molecule has 0 saturated heterocycles. The lowest BCUT2D eigenvalue weighted by atomic mass is 9.98. The molecule has 53 heavy (non-hydrogen) atoms. The van der Waals surface area contributed by atoms with Crippen LogP contribution in [0.15, 0.2) is 199 Å². The number of hydrogen-bond acceptors (Lipinski definition) is 2. The molecule has 0 N–H and O–H groups in total. The lowest BCUT2D eigenvalue weighted by Gasteiger charge is -2.27. The molecule has 0 radical (unpaired) electrons. The topological polar surface area (TPSA) is 21.3 Å². The molecule has 0 amide bonds. The van der Waals surface area contributed by atoms with E-state index < -0.39 is 0 Å². The van der Waals surface area contributed by atoms with Crippen LogP contribution in [-0.4, -0.2) is 4.57 Å². The number of benzene rings is 9. The maximum absolute atomic E-state index is 6.42. The van der Waals surface area contributed by atoms with Gasteiger partial charge in [-0.1, -0.05) is 121 Å². The van der Waals surface area contributed by atoms with Crippen LogP contribution in [0.3, 0.4) is 0 Å². The Labute approximate surface area is 306 Å². The summed E-state index contributed by atoms with van der Waals surface area (Å²) in [4.78, 5) is 2.37. The van der Waals surface area contributed by atoms with Gasteiger partial charge in [-0.2, -0.15) is 0 Å². The van der Waals surface area contributed by atoms with E-state index >= 15 is 0 Å².